The third-order valence-electron chi connectivity index (χ3n) is 12.5. The minimum absolute atomic E-state index is 0.0760. The molecule has 0 saturated carbocycles. The lowest BCUT2D eigenvalue weighted by Gasteiger charge is -2.49. The number of halogens is 3. The van der Waals surface area contributed by atoms with Gasteiger partial charge in [0.05, 0.1) is 41.5 Å². The van der Waals surface area contributed by atoms with Gasteiger partial charge in [-0.2, -0.15) is 13.2 Å². The number of aliphatic hydroxyl groups excluding tert-OH is 1. The number of carbonyl (C=O) groups excluding carboxylic acids is 1. The number of alkyl halides is 3. The van der Waals surface area contributed by atoms with Crippen LogP contribution in [0.2, 0.25) is 0 Å². The van der Waals surface area contributed by atoms with Crippen LogP contribution in [-0.2, 0) is 38.0 Å². The fourth-order valence-electron chi connectivity index (χ4n) is 8.91. The van der Waals surface area contributed by atoms with E-state index in [2.05, 4.69) is 20.7 Å². The molecule has 58 heavy (non-hydrogen) atoms. The summed E-state index contributed by atoms with van der Waals surface area (Å²) in [5, 5.41) is 44.7. The Morgan fingerprint density at radius 1 is 1.07 bits per heavy atom. The summed E-state index contributed by atoms with van der Waals surface area (Å²) in [5.41, 5.74) is 4.51. The van der Waals surface area contributed by atoms with Gasteiger partial charge in [-0.25, -0.2) is 0 Å². The van der Waals surface area contributed by atoms with Gasteiger partial charge >= 0.3 is 12.1 Å². The van der Waals surface area contributed by atoms with Crippen LogP contribution in [0, 0.1) is 23.7 Å². The molecular formula is C39H70F3N5O11. The van der Waals surface area contributed by atoms with Crippen molar-refractivity contribution >= 4 is 5.97 Å². The molecule has 18 atom stereocenters. The number of methoxy groups -OCH3 is 1. The number of carbonyl (C=O) groups is 1. The average Bonchev–Trinajstić information content (AvgIpc) is 3.14. The maximum absolute atomic E-state index is 14.3. The standard InChI is InChI=1S/C39H70F3N5O11/c1-13-28-38(10,51)31(48)24(6)45-18-20(2)16-36(8,50)32(58-34-27(15-14-21(3)53-34)55-35(44-11)39(40,41)42)22(4)30(23(5)33(49)56-28)57-29-17-37(9,52-12)26(19-46-47-43)25(7)54-29/h20-32,34-35,44-45,48,50-51H,13-19H2,1-12H3/t20-,21-,22+,23-,24-,25+,26?,27-,28-,29+,30+,31-,32-,34+,35?,36-,37-,38-/m1/s1. The molecule has 3 rings (SSSR count). The fourth-order valence-corrected chi connectivity index (χ4v) is 8.91. The number of ether oxygens (including phenoxy) is 7. The molecule has 0 aromatic rings. The Hall–Kier alpha value is -1.87. The Kier molecular flexibility index (Phi) is 18.1. The molecule has 3 aliphatic rings. The number of nitrogens with zero attached hydrogens (tertiary/aromatic N) is 3. The van der Waals surface area contributed by atoms with E-state index in [0.29, 0.717) is 6.42 Å². The first-order valence-electron chi connectivity index (χ1n) is 20.5. The van der Waals surface area contributed by atoms with Crippen molar-refractivity contribution in [3.63, 3.8) is 0 Å². The van der Waals surface area contributed by atoms with Crippen LogP contribution in [0.15, 0.2) is 5.11 Å². The summed E-state index contributed by atoms with van der Waals surface area (Å²) in [6, 6.07) is -0.674. The van der Waals surface area contributed by atoms with Crippen LogP contribution in [0.25, 0.3) is 10.4 Å². The third kappa shape index (κ3) is 12.4. The van der Waals surface area contributed by atoms with Crippen molar-refractivity contribution in [3.8, 4) is 0 Å². The molecule has 16 nitrogen and oxygen atoms in total. The highest BCUT2D eigenvalue weighted by atomic mass is 19.4. The molecule has 2 unspecified atom stereocenters. The number of aliphatic hydroxyl groups is 3. The Labute approximate surface area is 341 Å². The molecule has 338 valence electrons. The molecule has 3 heterocycles. The Bertz CT molecular complexity index is 1360. The number of rotatable bonds is 11. The zero-order chi connectivity index (χ0) is 44.0. The molecule has 0 spiro atoms. The molecule has 19 heteroatoms. The largest absolute Gasteiger partial charge is 0.459 e. The van der Waals surface area contributed by atoms with E-state index < -0.39 is 108 Å². The van der Waals surface area contributed by atoms with Gasteiger partial charge in [0.15, 0.2) is 12.6 Å². The minimum Gasteiger partial charge on any atom is -0.459 e. The van der Waals surface area contributed by atoms with Gasteiger partial charge in [0.1, 0.15) is 23.9 Å². The number of esters is 1. The number of hydrogen-bond donors (Lipinski definition) is 5. The summed E-state index contributed by atoms with van der Waals surface area (Å²) < 4.78 is 85.3. The van der Waals surface area contributed by atoms with Crippen molar-refractivity contribution in [1.82, 2.24) is 10.6 Å². The fraction of sp³-hybridized carbons (Fsp3) is 0.974. The summed E-state index contributed by atoms with van der Waals surface area (Å²) in [4.78, 5) is 17.2. The second-order valence-electron chi connectivity index (χ2n) is 17.5. The second kappa shape index (κ2) is 20.8. The van der Waals surface area contributed by atoms with Crippen molar-refractivity contribution in [2.45, 2.75) is 192 Å². The van der Waals surface area contributed by atoms with Crippen LogP contribution in [0.1, 0.15) is 101 Å². The number of nitrogens with one attached hydrogen (secondary N) is 2. The summed E-state index contributed by atoms with van der Waals surface area (Å²) in [6.45, 7) is 17.2. The average molecular weight is 842 g/mol. The Morgan fingerprint density at radius 2 is 1.72 bits per heavy atom. The van der Waals surface area contributed by atoms with Crippen molar-refractivity contribution in [2.75, 3.05) is 27.2 Å². The smallest absolute Gasteiger partial charge is 0.428 e. The lowest BCUT2D eigenvalue weighted by atomic mass is 9.77. The first-order chi connectivity index (χ1) is 26.9. The summed E-state index contributed by atoms with van der Waals surface area (Å²) in [7, 11) is 2.66. The molecule has 0 aromatic heterocycles. The SMILES string of the molecule is CC[C@H]1OC(=O)[C@H](C)[C@@H](O[C@H]2C[C@@](C)(OC)C(CN=[N+]=[N-])[C@H](C)O2)[C@H](C)[C@@H](O[C@@H]2O[C@H](C)CC[C@H]2OC(NC)C(F)(F)F)[C@](C)(O)C[C@@H](C)CN[C@H](C)[C@@H](O)[C@]1(C)O. The number of hydrogen-bond acceptors (Lipinski definition) is 14. The van der Waals surface area contributed by atoms with Gasteiger partial charge in [0, 0.05) is 42.9 Å². The van der Waals surface area contributed by atoms with Gasteiger partial charge in [-0.3, -0.25) is 10.1 Å². The third-order valence-corrected chi connectivity index (χ3v) is 12.5. The van der Waals surface area contributed by atoms with E-state index in [-0.39, 0.29) is 50.6 Å². The maximum Gasteiger partial charge on any atom is 0.428 e. The zero-order valence-corrected chi connectivity index (χ0v) is 36.2. The topological polar surface area (TPSA) is 215 Å². The van der Waals surface area contributed by atoms with Crippen molar-refractivity contribution in [1.29, 1.82) is 0 Å². The molecule has 3 saturated heterocycles. The lowest BCUT2D eigenvalue weighted by molar-refractivity contribution is -0.329. The van der Waals surface area contributed by atoms with Crippen LogP contribution in [0.4, 0.5) is 13.2 Å². The maximum atomic E-state index is 14.3. The first-order valence-corrected chi connectivity index (χ1v) is 20.5. The molecule has 3 aliphatic heterocycles. The summed E-state index contributed by atoms with van der Waals surface area (Å²) in [5.74, 6) is -3.50. The first kappa shape index (κ1) is 50.5. The summed E-state index contributed by atoms with van der Waals surface area (Å²) in [6.07, 6.45) is -15.7. The predicted molar refractivity (Wildman–Crippen MR) is 206 cm³/mol. The normalized spacial score (nSPS) is 44.6. The van der Waals surface area contributed by atoms with E-state index in [9.17, 15) is 33.3 Å². The molecular weight excluding hydrogens is 771 g/mol. The van der Waals surface area contributed by atoms with Crippen LogP contribution < -0.4 is 10.6 Å². The van der Waals surface area contributed by atoms with Gasteiger partial charge in [-0.15, -0.1) is 0 Å². The minimum atomic E-state index is -4.75. The number of cyclic esters (lactones) is 1. The molecule has 0 amide bonds. The van der Waals surface area contributed by atoms with Crippen LogP contribution in [-0.4, -0.2) is 139 Å². The molecule has 0 aromatic carbocycles. The molecule has 3 fully saturated rings. The van der Waals surface area contributed by atoms with Gasteiger partial charge in [-0.05, 0) is 99.2 Å². The Balaban J connectivity index is 2.18. The molecule has 5 N–H and O–H groups in total. The number of azide groups is 1. The van der Waals surface area contributed by atoms with Gasteiger partial charge < -0.3 is 53.8 Å². The van der Waals surface area contributed by atoms with E-state index in [0.717, 1.165) is 7.05 Å². The van der Waals surface area contributed by atoms with E-state index in [1.807, 2.05) is 13.8 Å². The van der Waals surface area contributed by atoms with E-state index in [4.69, 9.17) is 38.7 Å². The van der Waals surface area contributed by atoms with Crippen molar-refractivity contribution < 1.29 is 66.4 Å². The molecule has 0 bridgehead atoms. The molecule has 0 radical (unpaired) electrons. The van der Waals surface area contributed by atoms with Crippen LogP contribution >= 0.6 is 0 Å². The van der Waals surface area contributed by atoms with Crippen LogP contribution in [0.3, 0.4) is 0 Å². The quantitative estimate of drug-likeness (QED) is 0.0627. The van der Waals surface area contributed by atoms with Crippen molar-refractivity contribution in [3.05, 3.63) is 10.4 Å². The highest BCUT2D eigenvalue weighted by Gasteiger charge is 2.53. The Morgan fingerprint density at radius 3 is 2.29 bits per heavy atom. The van der Waals surface area contributed by atoms with Gasteiger partial charge in [0.25, 0.3) is 0 Å². The van der Waals surface area contributed by atoms with Gasteiger partial charge in [-0.1, -0.05) is 25.9 Å². The zero-order valence-electron chi connectivity index (χ0n) is 36.2. The lowest BCUT2D eigenvalue weighted by Crippen LogP contribution is -2.59. The van der Waals surface area contributed by atoms with Crippen molar-refractivity contribution in [2.24, 2.45) is 28.8 Å². The summed E-state index contributed by atoms with van der Waals surface area (Å²) >= 11 is 0. The van der Waals surface area contributed by atoms with E-state index >= 15 is 0 Å². The highest BCUT2D eigenvalue weighted by Crippen LogP contribution is 2.42. The molecule has 0 aliphatic carbocycles. The van der Waals surface area contributed by atoms with E-state index in [1.54, 1.807) is 48.5 Å². The van der Waals surface area contributed by atoms with E-state index in [1.165, 1.54) is 14.0 Å². The predicted octanol–water partition coefficient (Wildman–Crippen LogP) is 4.72. The highest BCUT2D eigenvalue weighted by molar-refractivity contribution is 5.73. The van der Waals surface area contributed by atoms with Crippen LogP contribution in [0.5, 0.6) is 0 Å². The van der Waals surface area contributed by atoms with Gasteiger partial charge in [0.2, 0.25) is 6.23 Å². The monoisotopic (exact) mass is 842 g/mol. The second-order valence-corrected chi connectivity index (χ2v) is 17.5.